The van der Waals surface area contributed by atoms with Gasteiger partial charge in [-0.3, -0.25) is 13.9 Å². The largest absolute Gasteiger partial charge is 0.484 e. The summed E-state index contributed by atoms with van der Waals surface area (Å²) in [5, 5.41) is 6.89. The summed E-state index contributed by atoms with van der Waals surface area (Å²) in [7, 11) is -4.09. The van der Waals surface area contributed by atoms with E-state index in [-0.39, 0.29) is 17.2 Å². The molecule has 4 rings (SSSR count). The lowest BCUT2D eigenvalue weighted by Gasteiger charge is -2.24. The molecule has 2 N–H and O–H groups in total. The number of benzene rings is 4. The number of carbonyl (C=O) groups excluding carboxylic acids is 2. The van der Waals surface area contributed by atoms with E-state index in [9.17, 15) is 22.4 Å². The predicted octanol–water partition coefficient (Wildman–Crippen LogP) is 5.15. The highest BCUT2D eigenvalue weighted by Gasteiger charge is 2.27. The van der Waals surface area contributed by atoms with Gasteiger partial charge in [-0.15, -0.1) is 0 Å². The molecule has 9 nitrogen and oxygen atoms in total. The first-order valence-electron chi connectivity index (χ1n) is 12.6. The second-order valence-corrected chi connectivity index (χ2v) is 11.2. The van der Waals surface area contributed by atoms with Gasteiger partial charge in [-0.25, -0.2) is 18.2 Å². The van der Waals surface area contributed by atoms with Crippen molar-refractivity contribution in [3.8, 4) is 5.75 Å². The fourth-order valence-electron chi connectivity index (χ4n) is 3.65. The number of nitrogens with zero attached hydrogens (tertiary/aromatic N) is 2. The molecule has 0 unspecified atom stereocenters. The standard InChI is InChI=1S/C30H26ClFN4O5S/c1-21-7-14-25(17-28(21)31)36(42(39,40)27-5-3-2-4-6-27)19-29(37)35-33-18-22-8-15-26(16-9-22)41-20-30(38)34-24-12-10-23(32)11-13-24/h2-18H,19-20H2,1H3,(H,34,38)(H,35,37)/b33-18-. The summed E-state index contributed by atoms with van der Waals surface area (Å²) in [6, 6.07) is 24.4. The van der Waals surface area contributed by atoms with Crippen molar-refractivity contribution in [2.45, 2.75) is 11.8 Å². The molecule has 0 bridgehead atoms. The third-order valence-electron chi connectivity index (χ3n) is 5.84. The molecular weight excluding hydrogens is 583 g/mol. The van der Waals surface area contributed by atoms with Crippen molar-refractivity contribution in [3.05, 3.63) is 119 Å². The number of halogens is 2. The van der Waals surface area contributed by atoms with Crippen LogP contribution in [-0.4, -0.2) is 39.6 Å². The Hall–Kier alpha value is -4.74. The van der Waals surface area contributed by atoms with Crippen LogP contribution >= 0.6 is 11.6 Å². The molecule has 0 saturated heterocycles. The van der Waals surface area contributed by atoms with Crippen molar-refractivity contribution in [1.82, 2.24) is 5.43 Å². The Morgan fingerprint density at radius 2 is 1.64 bits per heavy atom. The monoisotopic (exact) mass is 608 g/mol. The third kappa shape index (κ3) is 8.15. The second-order valence-electron chi connectivity index (χ2n) is 8.96. The van der Waals surface area contributed by atoms with Crippen molar-refractivity contribution in [1.29, 1.82) is 0 Å². The molecule has 4 aromatic carbocycles. The highest BCUT2D eigenvalue weighted by Crippen LogP contribution is 2.28. The van der Waals surface area contributed by atoms with E-state index in [1.165, 1.54) is 48.7 Å². The van der Waals surface area contributed by atoms with Crippen molar-refractivity contribution in [3.63, 3.8) is 0 Å². The van der Waals surface area contributed by atoms with E-state index in [0.717, 1.165) is 9.87 Å². The molecule has 0 radical (unpaired) electrons. The topological polar surface area (TPSA) is 117 Å². The van der Waals surface area contributed by atoms with Crippen LogP contribution in [0, 0.1) is 12.7 Å². The molecule has 2 amide bonds. The molecule has 42 heavy (non-hydrogen) atoms. The van der Waals surface area contributed by atoms with Gasteiger partial charge in [0.15, 0.2) is 6.61 Å². The van der Waals surface area contributed by atoms with Crippen LogP contribution in [0.4, 0.5) is 15.8 Å². The van der Waals surface area contributed by atoms with E-state index < -0.39 is 34.2 Å². The number of hydrazone groups is 1. The number of amides is 2. The Morgan fingerprint density at radius 3 is 2.31 bits per heavy atom. The van der Waals surface area contributed by atoms with E-state index in [2.05, 4.69) is 15.8 Å². The quantitative estimate of drug-likeness (QED) is 0.180. The number of carbonyl (C=O) groups is 2. The lowest BCUT2D eigenvalue weighted by atomic mass is 10.2. The number of hydrogen-bond donors (Lipinski definition) is 2. The summed E-state index contributed by atoms with van der Waals surface area (Å²) < 4.78 is 46.2. The minimum absolute atomic E-state index is 0.0215. The minimum atomic E-state index is -4.09. The number of sulfonamides is 1. The first kappa shape index (κ1) is 30.2. The number of aryl methyl sites for hydroxylation is 1. The Morgan fingerprint density at radius 1 is 0.952 bits per heavy atom. The van der Waals surface area contributed by atoms with Gasteiger partial charge in [-0.05, 0) is 90.8 Å². The SMILES string of the molecule is Cc1ccc(N(CC(=O)N/N=C\c2ccc(OCC(=O)Nc3ccc(F)cc3)cc2)S(=O)(=O)c2ccccc2)cc1Cl. The van der Waals surface area contributed by atoms with Gasteiger partial charge in [0.05, 0.1) is 16.8 Å². The van der Waals surface area contributed by atoms with Crippen molar-refractivity contribution in [2.24, 2.45) is 5.10 Å². The summed E-state index contributed by atoms with van der Waals surface area (Å²) in [5.74, 6) is -1.07. The van der Waals surface area contributed by atoms with Crippen LogP contribution in [0.2, 0.25) is 5.02 Å². The molecule has 0 saturated carbocycles. The summed E-state index contributed by atoms with van der Waals surface area (Å²) >= 11 is 6.24. The van der Waals surface area contributed by atoms with Gasteiger partial charge in [0, 0.05) is 10.7 Å². The average Bonchev–Trinajstić information content (AvgIpc) is 2.98. The van der Waals surface area contributed by atoms with E-state index in [1.807, 2.05) is 0 Å². The second kappa shape index (κ2) is 13.7. The van der Waals surface area contributed by atoms with Crippen LogP contribution in [0.25, 0.3) is 0 Å². The zero-order chi connectivity index (χ0) is 30.1. The van der Waals surface area contributed by atoms with E-state index in [0.29, 0.717) is 22.0 Å². The number of hydrogen-bond acceptors (Lipinski definition) is 6. The lowest BCUT2D eigenvalue weighted by molar-refractivity contribution is -0.119. The molecule has 0 heterocycles. The smallest absolute Gasteiger partial charge is 0.264 e. The van der Waals surface area contributed by atoms with Gasteiger partial charge in [0.25, 0.3) is 21.8 Å². The van der Waals surface area contributed by atoms with Crippen molar-refractivity contribution >= 4 is 51.0 Å². The Labute approximate surface area is 247 Å². The molecule has 0 spiro atoms. The molecular formula is C30H26ClFN4O5S. The van der Waals surface area contributed by atoms with Gasteiger partial charge in [-0.1, -0.05) is 35.9 Å². The number of anilines is 2. The molecule has 0 aliphatic rings. The minimum Gasteiger partial charge on any atom is -0.484 e. The first-order chi connectivity index (χ1) is 20.1. The lowest BCUT2D eigenvalue weighted by Crippen LogP contribution is -2.39. The molecule has 216 valence electrons. The van der Waals surface area contributed by atoms with Crippen LogP contribution < -0.4 is 19.8 Å². The van der Waals surface area contributed by atoms with Gasteiger partial charge in [-0.2, -0.15) is 5.10 Å². The summed E-state index contributed by atoms with van der Waals surface area (Å²) in [5.41, 5.74) is 4.39. The van der Waals surface area contributed by atoms with Crippen LogP contribution in [-0.2, 0) is 19.6 Å². The average molecular weight is 609 g/mol. The van der Waals surface area contributed by atoms with Crippen molar-refractivity contribution in [2.75, 3.05) is 22.8 Å². The fourth-order valence-corrected chi connectivity index (χ4v) is 5.25. The molecule has 0 atom stereocenters. The Bertz CT molecular complexity index is 1680. The summed E-state index contributed by atoms with van der Waals surface area (Å²) in [6.45, 7) is 0.991. The van der Waals surface area contributed by atoms with E-state index >= 15 is 0 Å². The molecule has 0 aromatic heterocycles. The zero-order valence-corrected chi connectivity index (χ0v) is 23.9. The maximum atomic E-state index is 13.4. The molecule has 0 aliphatic carbocycles. The number of ether oxygens (including phenoxy) is 1. The third-order valence-corrected chi connectivity index (χ3v) is 8.04. The Kier molecular flexibility index (Phi) is 9.89. The molecule has 12 heteroatoms. The molecule has 4 aromatic rings. The highest BCUT2D eigenvalue weighted by molar-refractivity contribution is 7.92. The molecule has 0 fully saturated rings. The zero-order valence-electron chi connectivity index (χ0n) is 22.3. The van der Waals surface area contributed by atoms with E-state index in [4.69, 9.17) is 16.3 Å². The number of rotatable bonds is 11. The van der Waals surface area contributed by atoms with Crippen molar-refractivity contribution < 1.29 is 27.1 Å². The Balaban J connectivity index is 1.35. The fraction of sp³-hybridized carbons (Fsp3) is 0.100. The van der Waals surface area contributed by atoms with Crippen LogP contribution in [0.3, 0.4) is 0 Å². The van der Waals surface area contributed by atoms with Crippen LogP contribution in [0.5, 0.6) is 5.75 Å². The highest BCUT2D eigenvalue weighted by atomic mass is 35.5. The summed E-state index contributed by atoms with van der Waals surface area (Å²) in [4.78, 5) is 24.8. The number of nitrogens with one attached hydrogen (secondary N) is 2. The van der Waals surface area contributed by atoms with Crippen LogP contribution in [0.1, 0.15) is 11.1 Å². The van der Waals surface area contributed by atoms with Gasteiger partial charge in [0.2, 0.25) is 0 Å². The summed E-state index contributed by atoms with van der Waals surface area (Å²) in [6.07, 6.45) is 1.38. The maximum absolute atomic E-state index is 13.4. The molecule has 0 aliphatic heterocycles. The normalized spacial score (nSPS) is 11.2. The van der Waals surface area contributed by atoms with Crippen LogP contribution in [0.15, 0.2) is 107 Å². The van der Waals surface area contributed by atoms with Gasteiger partial charge < -0.3 is 10.1 Å². The maximum Gasteiger partial charge on any atom is 0.264 e. The first-order valence-corrected chi connectivity index (χ1v) is 14.4. The predicted molar refractivity (Wildman–Crippen MR) is 160 cm³/mol. The van der Waals surface area contributed by atoms with Gasteiger partial charge >= 0.3 is 0 Å². The van der Waals surface area contributed by atoms with Gasteiger partial charge in [0.1, 0.15) is 18.1 Å². The van der Waals surface area contributed by atoms with E-state index in [1.54, 1.807) is 61.5 Å².